The molecule has 1 atom stereocenters. The minimum atomic E-state index is -0.512. The van der Waals surface area contributed by atoms with Crippen LogP contribution in [0.2, 0.25) is 0 Å². The second-order valence-electron chi connectivity index (χ2n) is 6.25. The monoisotopic (exact) mass is 329 g/mol. The van der Waals surface area contributed by atoms with Crippen LogP contribution in [0.3, 0.4) is 0 Å². The summed E-state index contributed by atoms with van der Waals surface area (Å²) in [5, 5.41) is 5.59. The minimum Gasteiger partial charge on any atom is -0.350 e. The van der Waals surface area contributed by atoms with Gasteiger partial charge in [0.2, 0.25) is 5.96 Å². The average Bonchev–Trinajstić information content (AvgIpc) is 3.12. The highest BCUT2D eigenvalue weighted by atomic mass is 19.1. The third-order valence-electron chi connectivity index (χ3n) is 3.73. The van der Waals surface area contributed by atoms with Crippen molar-refractivity contribution in [3.05, 3.63) is 35.8 Å². The van der Waals surface area contributed by atoms with Crippen molar-refractivity contribution in [1.82, 2.24) is 20.6 Å². The SMILES string of the molecule is CC(C)CC(CF)NC1=N/C(=C\c2ccc3[nH]cnc3c2)C(=O)N1. The standard InChI is InChI=1S/C17H20FN5O/c1-10(2)5-12(8-18)21-17-22-15(16(24)23-17)7-11-3-4-13-14(6-11)20-9-19-13/h3-4,6-7,9-10,12H,5,8H2,1-2H3,(H,19,20)(H2,21,22,23,24)/b15-7-. The van der Waals surface area contributed by atoms with E-state index in [9.17, 15) is 9.18 Å². The Morgan fingerprint density at radius 1 is 1.38 bits per heavy atom. The summed E-state index contributed by atoms with van der Waals surface area (Å²) in [5.41, 5.74) is 2.86. The Hall–Kier alpha value is -2.70. The van der Waals surface area contributed by atoms with Crippen molar-refractivity contribution in [3.63, 3.8) is 0 Å². The number of rotatable bonds is 5. The Morgan fingerprint density at radius 2 is 2.21 bits per heavy atom. The molecule has 0 radical (unpaired) electrons. The summed E-state index contributed by atoms with van der Waals surface area (Å²) >= 11 is 0. The first-order chi connectivity index (χ1) is 11.5. The number of H-pyrrole nitrogens is 1. The quantitative estimate of drug-likeness (QED) is 0.737. The van der Waals surface area contributed by atoms with Gasteiger partial charge in [0.15, 0.2) is 0 Å². The van der Waals surface area contributed by atoms with E-state index in [4.69, 9.17) is 0 Å². The zero-order chi connectivity index (χ0) is 17.1. The van der Waals surface area contributed by atoms with Crippen molar-refractivity contribution in [2.75, 3.05) is 6.67 Å². The molecule has 2 heterocycles. The number of alkyl halides is 1. The van der Waals surface area contributed by atoms with E-state index in [0.29, 0.717) is 18.3 Å². The fourth-order valence-corrected chi connectivity index (χ4v) is 2.66. The van der Waals surface area contributed by atoms with Crippen molar-refractivity contribution in [2.45, 2.75) is 26.3 Å². The van der Waals surface area contributed by atoms with Crippen molar-refractivity contribution in [1.29, 1.82) is 0 Å². The summed E-state index contributed by atoms with van der Waals surface area (Å²) in [6, 6.07) is 5.29. The number of carbonyl (C=O) groups is 1. The highest BCUT2D eigenvalue weighted by molar-refractivity contribution is 6.13. The molecule has 1 amide bonds. The van der Waals surface area contributed by atoms with Gasteiger partial charge >= 0.3 is 0 Å². The lowest BCUT2D eigenvalue weighted by atomic mass is 10.1. The average molecular weight is 329 g/mol. The molecular weight excluding hydrogens is 309 g/mol. The van der Waals surface area contributed by atoms with Gasteiger partial charge in [0, 0.05) is 0 Å². The number of aliphatic imine (C=N–C) groups is 1. The summed E-state index contributed by atoms with van der Waals surface area (Å²) < 4.78 is 13.1. The van der Waals surface area contributed by atoms with E-state index < -0.39 is 6.67 Å². The number of halogens is 1. The normalized spacial score (nSPS) is 17.4. The fourth-order valence-electron chi connectivity index (χ4n) is 2.66. The molecule has 1 unspecified atom stereocenters. The number of imidazole rings is 1. The molecule has 1 aliphatic rings. The van der Waals surface area contributed by atoms with Crippen LogP contribution in [0.5, 0.6) is 0 Å². The molecule has 0 spiro atoms. The van der Waals surface area contributed by atoms with Crippen LogP contribution in [-0.4, -0.2) is 34.6 Å². The zero-order valence-electron chi connectivity index (χ0n) is 13.6. The molecule has 0 saturated heterocycles. The van der Waals surface area contributed by atoms with Crippen molar-refractivity contribution >= 4 is 29.0 Å². The van der Waals surface area contributed by atoms with E-state index >= 15 is 0 Å². The number of fused-ring (bicyclic) bond motifs is 1. The Morgan fingerprint density at radius 3 is 2.96 bits per heavy atom. The maximum absolute atomic E-state index is 13.1. The molecular formula is C17H20FN5O. The predicted octanol–water partition coefficient (Wildman–Crippen LogP) is 2.36. The molecule has 6 nitrogen and oxygen atoms in total. The summed E-state index contributed by atoms with van der Waals surface area (Å²) in [5.74, 6) is 0.351. The van der Waals surface area contributed by atoms with Gasteiger partial charge in [-0.25, -0.2) is 14.4 Å². The fraction of sp³-hybridized carbons (Fsp3) is 0.353. The molecule has 1 aromatic carbocycles. The summed E-state index contributed by atoms with van der Waals surface area (Å²) in [6.45, 7) is 3.54. The number of aromatic amines is 1. The van der Waals surface area contributed by atoms with E-state index in [0.717, 1.165) is 16.6 Å². The van der Waals surface area contributed by atoms with Crippen LogP contribution < -0.4 is 10.6 Å². The largest absolute Gasteiger partial charge is 0.350 e. The molecule has 24 heavy (non-hydrogen) atoms. The number of hydrogen-bond acceptors (Lipinski definition) is 4. The maximum atomic E-state index is 13.1. The number of hydrogen-bond donors (Lipinski definition) is 3. The van der Waals surface area contributed by atoms with Gasteiger partial charge in [0.05, 0.1) is 23.4 Å². The van der Waals surface area contributed by atoms with Gasteiger partial charge in [-0.1, -0.05) is 19.9 Å². The van der Waals surface area contributed by atoms with Gasteiger partial charge in [0.25, 0.3) is 5.91 Å². The van der Waals surface area contributed by atoms with Crippen LogP contribution in [0.25, 0.3) is 17.1 Å². The van der Waals surface area contributed by atoms with E-state index in [1.54, 1.807) is 12.4 Å². The van der Waals surface area contributed by atoms with E-state index in [1.807, 2.05) is 32.0 Å². The molecule has 0 saturated carbocycles. The number of benzene rings is 1. The topological polar surface area (TPSA) is 82.2 Å². The third-order valence-corrected chi connectivity index (χ3v) is 3.73. The highest BCUT2D eigenvalue weighted by Crippen LogP contribution is 2.16. The Labute approximate surface area is 139 Å². The number of carbonyl (C=O) groups excluding carboxylic acids is 1. The molecule has 3 N–H and O–H groups in total. The lowest BCUT2D eigenvalue weighted by Crippen LogP contribution is -2.44. The van der Waals surface area contributed by atoms with E-state index in [2.05, 4.69) is 25.6 Å². The first-order valence-electron chi connectivity index (χ1n) is 7.92. The van der Waals surface area contributed by atoms with Gasteiger partial charge < -0.3 is 10.3 Å². The summed E-state index contributed by atoms with van der Waals surface area (Å²) in [4.78, 5) is 23.5. The van der Waals surface area contributed by atoms with Gasteiger partial charge in [-0.2, -0.15) is 0 Å². The van der Waals surface area contributed by atoms with Gasteiger partial charge in [-0.15, -0.1) is 0 Å². The van der Waals surface area contributed by atoms with Crippen LogP contribution in [0.1, 0.15) is 25.8 Å². The molecule has 126 valence electrons. The molecule has 1 aliphatic heterocycles. The lowest BCUT2D eigenvalue weighted by molar-refractivity contribution is -0.115. The number of nitrogens with zero attached hydrogens (tertiary/aromatic N) is 2. The van der Waals surface area contributed by atoms with E-state index in [1.165, 1.54) is 0 Å². The van der Waals surface area contributed by atoms with Crippen molar-refractivity contribution in [3.8, 4) is 0 Å². The van der Waals surface area contributed by atoms with Crippen LogP contribution >= 0.6 is 0 Å². The van der Waals surface area contributed by atoms with Crippen LogP contribution in [0, 0.1) is 5.92 Å². The highest BCUT2D eigenvalue weighted by Gasteiger charge is 2.22. The predicted molar refractivity (Wildman–Crippen MR) is 92.0 cm³/mol. The Balaban J connectivity index is 1.77. The van der Waals surface area contributed by atoms with Gasteiger partial charge in [-0.05, 0) is 36.1 Å². The zero-order valence-corrected chi connectivity index (χ0v) is 13.6. The van der Waals surface area contributed by atoms with Gasteiger partial charge in [0.1, 0.15) is 12.4 Å². The van der Waals surface area contributed by atoms with Crippen LogP contribution in [0.4, 0.5) is 4.39 Å². The van der Waals surface area contributed by atoms with Crippen molar-refractivity contribution < 1.29 is 9.18 Å². The molecule has 3 rings (SSSR count). The number of nitrogens with one attached hydrogen (secondary N) is 3. The van der Waals surface area contributed by atoms with Crippen LogP contribution in [0.15, 0.2) is 35.2 Å². The van der Waals surface area contributed by atoms with E-state index in [-0.39, 0.29) is 17.6 Å². The molecule has 0 fully saturated rings. The Bertz CT molecular complexity index is 808. The number of amides is 1. The summed E-state index contributed by atoms with van der Waals surface area (Å²) in [6.07, 6.45) is 3.97. The first kappa shape index (κ1) is 16.2. The molecule has 2 aromatic rings. The number of aromatic nitrogens is 2. The lowest BCUT2D eigenvalue weighted by Gasteiger charge is -2.17. The maximum Gasteiger partial charge on any atom is 0.276 e. The molecule has 7 heteroatoms. The second kappa shape index (κ2) is 6.82. The Kier molecular flexibility index (Phi) is 4.59. The molecule has 0 aliphatic carbocycles. The van der Waals surface area contributed by atoms with Gasteiger partial charge in [-0.3, -0.25) is 10.1 Å². The van der Waals surface area contributed by atoms with Crippen molar-refractivity contribution in [2.24, 2.45) is 10.9 Å². The minimum absolute atomic E-state index is 0.287. The van der Waals surface area contributed by atoms with Crippen LogP contribution in [-0.2, 0) is 4.79 Å². The first-order valence-corrected chi connectivity index (χ1v) is 7.92. The number of guanidine groups is 1. The molecule has 1 aromatic heterocycles. The molecule has 0 bridgehead atoms. The summed E-state index contributed by atoms with van der Waals surface area (Å²) in [7, 11) is 0. The second-order valence-corrected chi connectivity index (χ2v) is 6.25. The third kappa shape index (κ3) is 3.61. The smallest absolute Gasteiger partial charge is 0.276 e.